The third-order valence-corrected chi connectivity index (χ3v) is 4.26. The SMILES string of the molecule is CCC(N)Cc1cccc(Br)c1OCc1cncc(Br)c1. The first-order valence-corrected chi connectivity index (χ1v) is 8.44. The van der Waals surface area contributed by atoms with Gasteiger partial charge in [0.15, 0.2) is 0 Å². The number of aromatic nitrogens is 1. The van der Waals surface area contributed by atoms with Gasteiger partial charge < -0.3 is 10.5 Å². The second-order valence-electron chi connectivity index (χ2n) is 4.90. The van der Waals surface area contributed by atoms with Crippen molar-refractivity contribution < 1.29 is 4.74 Å². The standard InChI is InChI=1S/C16H18Br2N2O/c1-2-14(19)7-12-4-3-5-15(18)16(12)21-10-11-6-13(17)9-20-8-11/h3-6,8-9,14H,2,7,10,19H2,1H3. The summed E-state index contributed by atoms with van der Waals surface area (Å²) in [7, 11) is 0. The molecule has 0 fully saturated rings. The molecule has 112 valence electrons. The van der Waals surface area contributed by atoms with E-state index in [0.29, 0.717) is 6.61 Å². The molecule has 0 saturated heterocycles. The van der Waals surface area contributed by atoms with Gasteiger partial charge >= 0.3 is 0 Å². The lowest BCUT2D eigenvalue weighted by Crippen LogP contribution is -2.21. The van der Waals surface area contributed by atoms with E-state index >= 15 is 0 Å². The monoisotopic (exact) mass is 412 g/mol. The van der Waals surface area contributed by atoms with E-state index in [2.05, 4.69) is 49.8 Å². The van der Waals surface area contributed by atoms with Gasteiger partial charge in [-0.1, -0.05) is 19.1 Å². The van der Waals surface area contributed by atoms with E-state index in [0.717, 1.165) is 38.7 Å². The number of hydrogen-bond donors (Lipinski definition) is 1. The molecule has 0 bridgehead atoms. The number of nitrogens with zero attached hydrogens (tertiary/aromatic N) is 1. The molecular formula is C16H18Br2N2O. The van der Waals surface area contributed by atoms with Gasteiger partial charge in [0.2, 0.25) is 0 Å². The van der Waals surface area contributed by atoms with Crippen molar-refractivity contribution in [3.63, 3.8) is 0 Å². The number of rotatable bonds is 6. The second-order valence-corrected chi connectivity index (χ2v) is 6.67. The van der Waals surface area contributed by atoms with Crippen molar-refractivity contribution in [2.24, 2.45) is 5.73 Å². The lowest BCUT2D eigenvalue weighted by atomic mass is 10.0. The van der Waals surface area contributed by atoms with Gasteiger partial charge in [-0.05, 0) is 62.4 Å². The summed E-state index contributed by atoms with van der Waals surface area (Å²) in [5.74, 6) is 0.862. The van der Waals surface area contributed by atoms with Gasteiger partial charge in [0.25, 0.3) is 0 Å². The minimum Gasteiger partial charge on any atom is -0.487 e. The molecule has 2 rings (SSSR count). The molecule has 5 heteroatoms. The number of hydrogen-bond acceptors (Lipinski definition) is 3. The Labute approximate surface area is 142 Å². The number of pyridine rings is 1. The molecular weight excluding hydrogens is 396 g/mol. The Morgan fingerprint density at radius 1 is 1.29 bits per heavy atom. The molecule has 1 aromatic heterocycles. The van der Waals surface area contributed by atoms with Crippen molar-refractivity contribution >= 4 is 31.9 Å². The van der Waals surface area contributed by atoms with Gasteiger partial charge in [-0.25, -0.2) is 0 Å². The zero-order valence-electron chi connectivity index (χ0n) is 11.9. The fraction of sp³-hybridized carbons (Fsp3) is 0.312. The van der Waals surface area contributed by atoms with Crippen LogP contribution in [0.5, 0.6) is 5.75 Å². The maximum atomic E-state index is 6.06. The summed E-state index contributed by atoms with van der Waals surface area (Å²) in [6, 6.07) is 8.20. The zero-order valence-corrected chi connectivity index (χ0v) is 15.0. The second kappa shape index (κ2) is 7.92. The Bertz CT molecular complexity index is 605. The van der Waals surface area contributed by atoms with Crippen LogP contribution in [-0.4, -0.2) is 11.0 Å². The molecule has 21 heavy (non-hydrogen) atoms. The van der Waals surface area contributed by atoms with Crippen molar-refractivity contribution in [2.75, 3.05) is 0 Å². The van der Waals surface area contributed by atoms with E-state index in [1.807, 2.05) is 18.2 Å². The van der Waals surface area contributed by atoms with Crippen LogP contribution >= 0.6 is 31.9 Å². The van der Waals surface area contributed by atoms with E-state index in [1.165, 1.54) is 0 Å². The summed E-state index contributed by atoms with van der Waals surface area (Å²) in [6.45, 7) is 2.57. The summed E-state index contributed by atoms with van der Waals surface area (Å²) >= 11 is 6.97. The minimum absolute atomic E-state index is 0.147. The Balaban J connectivity index is 2.15. The van der Waals surface area contributed by atoms with Crippen molar-refractivity contribution in [1.82, 2.24) is 4.98 Å². The van der Waals surface area contributed by atoms with Crippen LogP contribution in [0.1, 0.15) is 24.5 Å². The van der Waals surface area contributed by atoms with Gasteiger partial charge in [0, 0.05) is 28.5 Å². The lowest BCUT2D eigenvalue weighted by Gasteiger charge is -2.16. The summed E-state index contributed by atoms with van der Waals surface area (Å²) < 4.78 is 7.89. The molecule has 0 saturated carbocycles. The zero-order chi connectivity index (χ0) is 15.2. The van der Waals surface area contributed by atoms with Crippen molar-refractivity contribution in [1.29, 1.82) is 0 Å². The molecule has 2 N–H and O–H groups in total. The number of halogens is 2. The maximum absolute atomic E-state index is 6.06. The largest absolute Gasteiger partial charge is 0.487 e. The molecule has 1 aromatic carbocycles. The fourth-order valence-corrected chi connectivity index (χ4v) is 2.93. The van der Waals surface area contributed by atoms with Crippen molar-refractivity contribution in [3.05, 3.63) is 56.7 Å². The molecule has 1 heterocycles. The van der Waals surface area contributed by atoms with Crippen LogP contribution < -0.4 is 10.5 Å². The van der Waals surface area contributed by atoms with Crippen LogP contribution in [0.25, 0.3) is 0 Å². The first-order chi connectivity index (χ1) is 10.1. The first-order valence-electron chi connectivity index (χ1n) is 6.85. The van der Waals surface area contributed by atoms with E-state index < -0.39 is 0 Å². The van der Waals surface area contributed by atoms with Crippen LogP contribution in [-0.2, 0) is 13.0 Å². The normalized spacial score (nSPS) is 12.2. The highest BCUT2D eigenvalue weighted by Crippen LogP contribution is 2.31. The number of benzene rings is 1. The smallest absolute Gasteiger partial charge is 0.137 e. The quantitative estimate of drug-likeness (QED) is 0.760. The van der Waals surface area contributed by atoms with Gasteiger partial charge in [-0.15, -0.1) is 0 Å². The molecule has 1 atom stereocenters. The average molecular weight is 414 g/mol. The third-order valence-electron chi connectivity index (χ3n) is 3.20. The molecule has 1 unspecified atom stereocenters. The Morgan fingerprint density at radius 2 is 2.10 bits per heavy atom. The predicted octanol–water partition coefficient (Wildman–Crippen LogP) is 4.47. The fourth-order valence-electron chi connectivity index (χ4n) is 1.99. The van der Waals surface area contributed by atoms with E-state index in [1.54, 1.807) is 12.4 Å². The van der Waals surface area contributed by atoms with E-state index in [4.69, 9.17) is 10.5 Å². The highest BCUT2D eigenvalue weighted by Gasteiger charge is 2.11. The molecule has 0 amide bonds. The number of nitrogens with two attached hydrogens (primary N) is 1. The van der Waals surface area contributed by atoms with E-state index in [-0.39, 0.29) is 6.04 Å². The molecule has 0 radical (unpaired) electrons. The summed E-state index contributed by atoms with van der Waals surface area (Å²) in [4.78, 5) is 4.14. The average Bonchev–Trinajstić information content (AvgIpc) is 2.46. The Kier molecular flexibility index (Phi) is 6.21. The topological polar surface area (TPSA) is 48.1 Å². The van der Waals surface area contributed by atoms with Gasteiger partial charge in [0.1, 0.15) is 12.4 Å². The summed E-state index contributed by atoms with van der Waals surface area (Å²) in [5.41, 5.74) is 8.21. The molecule has 2 aromatic rings. The molecule has 0 aliphatic rings. The number of ether oxygens (including phenoxy) is 1. The molecule has 0 aliphatic heterocycles. The Hall–Kier alpha value is -0.910. The maximum Gasteiger partial charge on any atom is 0.137 e. The van der Waals surface area contributed by atoms with Crippen LogP contribution in [0.4, 0.5) is 0 Å². The van der Waals surface area contributed by atoms with Gasteiger partial charge in [-0.3, -0.25) is 4.98 Å². The molecule has 0 aliphatic carbocycles. The molecule has 0 spiro atoms. The van der Waals surface area contributed by atoms with Crippen LogP contribution in [0.3, 0.4) is 0 Å². The first kappa shape index (κ1) is 16.5. The highest BCUT2D eigenvalue weighted by atomic mass is 79.9. The third kappa shape index (κ3) is 4.80. The number of para-hydroxylation sites is 1. The minimum atomic E-state index is 0.147. The predicted molar refractivity (Wildman–Crippen MR) is 92.4 cm³/mol. The summed E-state index contributed by atoms with van der Waals surface area (Å²) in [6.07, 6.45) is 5.32. The van der Waals surface area contributed by atoms with Crippen molar-refractivity contribution in [2.45, 2.75) is 32.4 Å². The molecule has 3 nitrogen and oxygen atoms in total. The van der Waals surface area contributed by atoms with Crippen LogP contribution in [0.2, 0.25) is 0 Å². The van der Waals surface area contributed by atoms with Crippen molar-refractivity contribution in [3.8, 4) is 5.75 Å². The Morgan fingerprint density at radius 3 is 2.81 bits per heavy atom. The summed E-state index contributed by atoms with van der Waals surface area (Å²) in [5, 5.41) is 0. The van der Waals surface area contributed by atoms with Crippen LogP contribution in [0.15, 0.2) is 45.6 Å². The highest BCUT2D eigenvalue weighted by molar-refractivity contribution is 9.10. The van der Waals surface area contributed by atoms with Crippen LogP contribution in [0, 0.1) is 0 Å². The van der Waals surface area contributed by atoms with Gasteiger partial charge in [-0.2, -0.15) is 0 Å². The van der Waals surface area contributed by atoms with E-state index in [9.17, 15) is 0 Å². The van der Waals surface area contributed by atoms with Gasteiger partial charge in [0.05, 0.1) is 4.47 Å². The lowest BCUT2D eigenvalue weighted by molar-refractivity contribution is 0.299.